The first-order chi connectivity index (χ1) is 8.66. The predicted octanol–water partition coefficient (Wildman–Crippen LogP) is 1.23. The molecule has 1 amide bonds. The number of hydrogen-bond donors (Lipinski definition) is 1. The van der Waals surface area contributed by atoms with Crippen molar-refractivity contribution >= 4 is 46.7 Å². The standard InChI is InChI=1S/C9H7N3O3S3/c13-5-1-6-12(5)7(8(14)15)4(2-16-6)18-9-11-10-3-17-9/h3,6H,1-2H2,(H,14,15). The van der Waals surface area contributed by atoms with Crippen LogP contribution in [-0.4, -0.2) is 43.2 Å². The van der Waals surface area contributed by atoms with Crippen LogP contribution in [0, 0.1) is 0 Å². The first-order valence-electron chi connectivity index (χ1n) is 5.01. The van der Waals surface area contributed by atoms with Crippen molar-refractivity contribution in [2.45, 2.75) is 16.1 Å². The number of amides is 1. The molecule has 0 saturated carbocycles. The van der Waals surface area contributed by atoms with Crippen molar-refractivity contribution in [2.24, 2.45) is 0 Å². The van der Waals surface area contributed by atoms with Crippen molar-refractivity contribution in [3.63, 3.8) is 0 Å². The lowest BCUT2D eigenvalue weighted by Gasteiger charge is -2.43. The number of hydrogen-bond acceptors (Lipinski definition) is 7. The Bertz CT molecular complexity index is 543. The second kappa shape index (κ2) is 4.56. The molecule has 1 saturated heterocycles. The van der Waals surface area contributed by atoms with Gasteiger partial charge >= 0.3 is 5.97 Å². The van der Waals surface area contributed by atoms with E-state index < -0.39 is 5.97 Å². The number of β-lactam (4-membered cyclic amide) rings is 1. The molecule has 1 fully saturated rings. The number of carboxylic acids is 1. The van der Waals surface area contributed by atoms with E-state index in [0.29, 0.717) is 21.4 Å². The van der Waals surface area contributed by atoms with Gasteiger partial charge in [0.2, 0.25) is 5.91 Å². The van der Waals surface area contributed by atoms with Crippen molar-refractivity contribution in [3.8, 4) is 0 Å². The van der Waals surface area contributed by atoms with Gasteiger partial charge in [-0.2, -0.15) is 0 Å². The van der Waals surface area contributed by atoms with Gasteiger partial charge in [-0.25, -0.2) is 4.79 Å². The fraction of sp³-hybridized carbons (Fsp3) is 0.333. The van der Waals surface area contributed by atoms with Crippen molar-refractivity contribution in [2.75, 3.05) is 5.75 Å². The molecule has 0 aromatic carbocycles. The first kappa shape index (κ1) is 12.0. The number of carbonyl (C=O) groups is 2. The van der Waals surface area contributed by atoms with Crippen LogP contribution in [0.5, 0.6) is 0 Å². The van der Waals surface area contributed by atoms with Crippen LogP contribution in [0.4, 0.5) is 0 Å². The van der Waals surface area contributed by atoms with E-state index in [9.17, 15) is 14.7 Å². The van der Waals surface area contributed by atoms with Crippen molar-refractivity contribution < 1.29 is 14.7 Å². The summed E-state index contributed by atoms with van der Waals surface area (Å²) in [5.41, 5.74) is 1.70. The summed E-state index contributed by atoms with van der Waals surface area (Å²) in [5.74, 6) is -0.583. The number of nitrogens with zero attached hydrogens (tertiary/aromatic N) is 3. The summed E-state index contributed by atoms with van der Waals surface area (Å²) in [5, 5.41) is 16.8. The third kappa shape index (κ3) is 1.91. The van der Waals surface area contributed by atoms with Crippen molar-refractivity contribution in [1.82, 2.24) is 15.1 Å². The van der Waals surface area contributed by atoms with Crippen LogP contribution < -0.4 is 0 Å². The highest BCUT2D eigenvalue weighted by Crippen LogP contribution is 2.44. The Labute approximate surface area is 114 Å². The Morgan fingerprint density at radius 2 is 2.44 bits per heavy atom. The number of thioether (sulfide) groups is 2. The molecular weight excluding hydrogens is 294 g/mol. The minimum atomic E-state index is -1.06. The van der Waals surface area contributed by atoms with Gasteiger partial charge in [0.1, 0.15) is 11.2 Å². The van der Waals surface area contributed by atoms with Crippen molar-refractivity contribution in [3.05, 3.63) is 16.1 Å². The van der Waals surface area contributed by atoms with Gasteiger partial charge in [0.25, 0.3) is 0 Å². The highest BCUT2D eigenvalue weighted by molar-refractivity contribution is 8.07. The van der Waals surface area contributed by atoms with E-state index in [-0.39, 0.29) is 17.0 Å². The van der Waals surface area contributed by atoms with E-state index in [1.165, 1.54) is 28.0 Å². The molecule has 1 atom stereocenters. The maximum absolute atomic E-state index is 11.5. The minimum absolute atomic E-state index is 0.0117. The Kier molecular flexibility index (Phi) is 3.04. The maximum atomic E-state index is 11.5. The van der Waals surface area contributed by atoms with Gasteiger partial charge in [-0.1, -0.05) is 23.1 Å². The van der Waals surface area contributed by atoms with Gasteiger partial charge in [-0.05, 0) is 0 Å². The third-order valence-electron chi connectivity index (χ3n) is 2.57. The lowest BCUT2D eigenvalue weighted by molar-refractivity contribution is -0.146. The molecule has 9 heteroatoms. The molecule has 3 rings (SSSR count). The molecule has 1 unspecified atom stereocenters. The van der Waals surface area contributed by atoms with Gasteiger partial charge < -0.3 is 5.11 Å². The summed E-state index contributed by atoms with van der Waals surface area (Å²) >= 11 is 4.22. The zero-order valence-electron chi connectivity index (χ0n) is 8.90. The molecule has 0 spiro atoms. The van der Waals surface area contributed by atoms with E-state index in [2.05, 4.69) is 10.2 Å². The molecule has 3 heterocycles. The van der Waals surface area contributed by atoms with Crippen LogP contribution in [0.25, 0.3) is 0 Å². The molecule has 18 heavy (non-hydrogen) atoms. The van der Waals surface area contributed by atoms with Crippen LogP contribution in [0.1, 0.15) is 6.42 Å². The normalized spacial score (nSPS) is 22.8. The van der Waals surface area contributed by atoms with Gasteiger partial charge in [-0.15, -0.1) is 22.0 Å². The second-order valence-electron chi connectivity index (χ2n) is 3.62. The molecule has 0 radical (unpaired) electrons. The van der Waals surface area contributed by atoms with E-state index in [1.54, 1.807) is 17.3 Å². The molecular formula is C9H7N3O3S3. The van der Waals surface area contributed by atoms with Crippen LogP contribution in [0.2, 0.25) is 0 Å². The lowest BCUT2D eigenvalue weighted by Crippen LogP contribution is -2.53. The van der Waals surface area contributed by atoms with E-state index in [4.69, 9.17) is 0 Å². The number of fused-ring (bicyclic) bond motifs is 1. The predicted molar refractivity (Wildman–Crippen MR) is 68.1 cm³/mol. The summed E-state index contributed by atoms with van der Waals surface area (Å²) in [6, 6.07) is 0. The number of aromatic nitrogens is 2. The molecule has 6 nitrogen and oxygen atoms in total. The molecule has 0 bridgehead atoms. The Hall–Kier alpha value is -1.06. The summed E-state index contributed by atoms with van der Waals surface area (Å²) in [6.45, 7) is 0. The summed E-state index contributed by atoms with van der Waals surface area (Å²) in [6.07, 6.45) is 0.429. The molecule has 2 aliphatic rings. The van der Waals surface area contributed by atoms with Gasteiger partial charge in [0.15, 0.2) is 4.34 Å². The van der Waals surface area contributed by atoms with Crippen LogP contribution in [-0.2, 0) is 9.59 Å². The zero-order valence-corrected chi connectivity index (χ0v) is 11.3. The number of rotatable bonds is 3. The lowest BCUT2D eigenvalue weighted by atomic mass is 10.1. The quantitative estimate of drug-likeness (QED) is 0.841. The fourth-order valence-electron chi connectivity index (χ4n) is 1.78. The maximum Gasteiger partial charge on any atom is 0.353 e. The average Bonchev–Trinajstić information content (AvgIpc) is 2.81. The van der Waals surface area contributed by atoms with Crippen LogP contribution in [0.15, 0.2) is 20.5 Å². The van der Waals surface area contributed by atoms with Gasteiger partial charge in [0.05, 0.1) is 11.8 Å². The largest absolute Gasteiger partial charge is 0.477 e. The topological polar surface area (TPSA) is 83.4 Å². The monoisotopic (exact) mass is 301 g/mol. The number of carbonyl (C=O) groups excluding carboxylic acids is 1. The molecule has 2 aliphatic heterocycles. The average molecular weight is 301 g/mol. The second-order valence-corrected chi connectivity index (χ2v) is 6.96. The van der Waals surface area contributed by atoms with E-state index >= 15 is 0 Å². The summed E-state index contributed by atoms with van der Waals surface area (Å²) < 4.78 is 0.691. The molecule has 1 N–H and O–H groups in total. The summed E-state index contributed by atoms with van der Waals surface area (Å²) in [7, 11) is 0. The van der Waals surface area contributed by atoms with Crippen molar-refractivity contribution in [1.29, 1.82) is 0 Å². The van der Waals surface area contributed by atoms with E-state index in [1.807, 2.05) is 0 Å². The van der Waals surface area contributed by atoms with Gasteiger partial charge in [0, 0.05) is 10.7 Å². The molecule has 0 aliphatic carbocycles. The molecule has 94 valence electrons. The van der Waals surface area contributed by atoms with Gasteiger partial charge in [-0.3, -0.25) is 9.69 Å². The Morgan fingerprint density at radius 1 is 1.61 bits per heavy atom. The SMILES string of the molecule is O=C(O)C1=C(Sc2nncs2)CSC2CC(=O)N12. The molecule has 1 aromatic rings. The minimum Gasteiger partial charge on any atom is -0.477 e. The van der Waals surface area contributed by atoms with E-state index in [0.717, 1.165) is 0 Å². The fourth-order valence-corrected chi connectivity index (χ4v) is 4.81. The summed E-state index contributed by atoms with van der Waals surface area (Å²) in [4.78, 5) is 24.9. The van der Waals surface area contributed by atoms with Crippen LogP contribution >= 0.6 is 34.9 Å². The highest BCUT2D eigenvalue weighted by atomic mass is 32.2. The van der Waals surface area contributed by atoms with Crippen LogP contribution in [0.3, 0.4) is 0 Å². The third-order valence-corrected chi connectivity index (χ3v) is 5.83. The highest BCUT2D eigenvalue weighted by Gasteiger charge is 2.45. The number of carboxylic acid groups (broad SMARTS) is 1. The smallest absolute Gasteiger partial charge is 0.353 e. The molecule has 1 aromatic heterocycles. The Morgan fingerprint density at radius 3 is 3.06 bits per heavy atom. The number of aliphatic carboxylic acids is 1. The zero-order chi connectivity index (χ0) is 12.7. The first-order valence-corrected chi connectivity index (χ1v) is 7.75. The Balaban J connectivity index is 1.95.